The van der Waals surface area contributed by atoms with Crippen molar-refractivity contribution in [2.24, 2.45) is 5.92 Å². The molecular weight excluding hydrogens is 188 g/mol. The first kappa shape index (κ1) is 10.3. The molecule has 0 radical (unpaired) electrons. The van der Waals surface area contributed by atoms with Gasteiger partial charge in [0.05, 0.1) is 6.10 Å². The molecule has 0 aromatic heterocycles. The highest BCUT2D eigenvalue weighted by molar-refractivity contribution is 5.06. The molecule has 0 amide bonds. The van der Waals surface area contributed by atoms with E-state index in [2.05, 4.69) is 0 Å². The summed E-state index contributed by atoms with van der Waals surface area (Å²) in [5.74, 6) is -1.17. The van der Waals surface area contributed by atoms with E-state index in [4.69, 9.17) is 14.6 Å². The SMILES string of the molecule is CC(C)[C@@H]1OC2(CO)OC(C1O)[C@@H]2O. The minimum Gasteiger partial charge on any atom is -0.391 e. The lowest BCUT2D eigenvalue weighted by atomic mass is 9.83. The average Bonchev–Trinajstić information content (AvgIpc) is 2.16. The molecule has 3 N–H and O–H groups in total. The lowest BCUT2D eigenvalue weighted by molar-refractivity contribution is -0.477. The van der Waals surface area contributed by atoms with Crippen LogP contribution in [0.1, 0.15) is 13.8 Å². The van der Waals surface area contributed by atoms with Crippen LogP contribution in [0.3, 0.4) is 0 Å². The summed E-state index contributed by atoms with van der Waals surface area (Å²) in [6.07, 6.45) is -2.76. The number of fused-ring (bicyclic) bond motifs is 2. The summed E-state index contributed by atoms with van der Waals surface area (Å²) in [7, 11) is 0. The van der Waals surface area contributed by atoms with Crippen LogP contribution in [0, 0.1) is 5.92 Å². The molecule has 3 fully saturated rings. The maximum atomic E-state index is 9.73. The van der Waals surface area contributed by atoms with Crippen LogP contribution >= 0.6 is 0 Å². The Bertz CT molecular complexity index is 231. The van der Waals surface area contributed by atoms with Crippen LogP contribution < -0.4 is 0 Å². The van der Waals surface area contributed by atoms with Crippen LogP contribution in [-0.2, 0) is 9.47 Å². The van der Waals surface area contributed by atoms with Gasteiger partial charge in [0.15, 0.2) is 0 Å². The Labute approximate surface area is 82.3 Å². The average molecular weight is 204 g/mol. The van der Waals surface area contributed by atoms with E-state index in [1.54, 1.807) is 0 Å². The predicted molar refractivity (Wildman–Crippen MR) is 46.4 cm³/mol. The molecule has 82 valence electrons. The Morgan fingerprint density at radius 2 is 1.93 bits per heavy atom. The summed E-state index contributed by atoms with van der Waals surface area (Å²) in [6.45, 7) is 3.44. The second kappa shape index (κ2) is 3.15. The number of hydrogen-bond acceptors (Lipinski definition) is 5. The van der Waals surface area contributed by atoms with Crippen molar-refractivity contribution >= 4 is 0 Å². The lowest BCUT2D eigenvalue weighted by Crippen LogP contribution is -2.78. The molecule has 5 nitrogen and oxygen atoms in total. The summed E-state index contributed by atoms with van der Waals surface area (Å²) in [5.41, 5.74) is 0. The van der Waals surface area contributed by atoms with Crippen molar-refractivity contribution in [3.8, 4) is 0 Å². The molecular formula is C9H16O5. The summed E-state index contributed by atoms with van der Waals surface area (Å²) in [4.78, 5) is 0. The van der Waals surface area contributed by atoms with Crippen molar-refractivity contribution in [3.63, 3.8) is 0 Å². The molecule has 0 aromatic rings. The summed E-state index contributed by atoms with van der Waals surface area (Å²) in [6, 6.07) is 0. The molecule has 3 aliphatic rings. The van der Waals surface area contributed by atoms with Crippen molar-refractivity contribution in [2.75, 3.05) is 6.61 Å². The highest BCUT2D eigenvalue weighted by atomic mass is 16.8. The number of hydrogen-bond donors (Lipinski definition) is 3. The van der Waals surface area contributed by atoms with Crippen molar-refractivity contribution in [2.45, 2.75) is 44.1 Å². The van der Waals surface area contributed by atoms with E-state index in [1.807, 2.05) is 13.8 Å². The van der Waals surface area contributed by atoms with Gasteiger partial charge in [0.2, 0.25) is 5.79 Å². The number of ether oxygens (including phenoxy) is 2. The van der Waals surface area contributed by atoms with Crippen molar-refractivity contribution in [3.05, 3.63) is 0 Å². The van der Waals surface area contributed by atoms with Gasteiger partial charge in [-0.25, -0.2) is 0 Å². The van der Waals surface area contributed by atoms with Crippen LogP contribution in [0.4, 0.5) is 0 Å². The molecule has 14 heavy (non-hydrogen) atoms. The van der Waals surface area contributed by atoms with E-state index in [0.717, 1.165) is 0 Å². The third kappa shape index (κ3) is 1.14. The molecule has 3 rings (SSSR count). The molecule has 0 aliphatic carbocycles. The zero-order chi connectivity index (χ0) is 10.5. The monoisotopic (exact) mass is 204 g/mol. The smallest absolute Gasteiger partial charge is 0.221 e. The van der Waals surface area contributed by atoms with Crippen LogP contribution in [0.15, 0.2) is 0 Å². The minimum absolute atomic E-state index is 0.120. The Hall–Kier alpha value is -0.200. The second-order valence-electron chi connectivity index (χ2n) is 4.31. The summed E-state index contributed by atoms with van der Waals surface area (Å²) >= 11 is 0. The van der Waals surface area contributed by atoms with Gasteiger partial charge in [-0.3, -0.25) is 0 Å². The molecule has 3 saturated heterocycles. The predicted octanol–water partition coefficient (Wildman–Crippen LogP) is -1.15. The number of aliphatic hydroxyl groups excluding tert-OH is 3. The van der Waals surface area contributed by atoms with E-state index in [9.17, 15) is 10.2 Å². The largest absolute Gasteiger partial charge is 0.391 e. The van der Waals surface area contributed by atoms with Gasteiger partial charge in [-0.05, 0) is 5.92 Å². The fraction of sp³-hybridized carbons (Fsp3) is 1.00. The zero-order valence-corrected chi connectivity index (χ0v) is 8.25. The number of rotatable bonds is 2. The first-order valence-corrected chi connectivity index (χ1v) is 4.84. The Kier molecular flexibility index (Phi) is 2.32. The fourth-order valence-electron chi connectivity index (χ4n) is 2.08. The van der Waals surface area contributed by atoms with Gasteiger partial charge >= 0.3 is 0 Å². The Morgan fingerprint density at radius 3 is 2.36 bits per heavy atom. The molecule has 3 unspecified atom stereocenters. The highest BCUT2D eigenvalue weighted by Crippen LogP contribution is 2.44. The van der Waals surface area contributed by atoms with E-state index < -0.39 is 24.1 Å². The topological polar surface area (TPSA) is 79.2 Å². The quantitative estimate of drug-likeness (QED) is 0.529. The second-order valence-corrected chi connectivity index (χ2v) is 4.31. The molecule has 0 aromatic carbocycles. The van der Waals surface area contributed by atoms with Crippen LogP contribution in [0.25, 0.3) is 0 Å². The molecule has 3 heterocycles. The molecule has 2 bridgehead atoms. The van der Waals surface area contributed by atoms with Gasteiger partial charge in [0, 0.05) is 0 Å². The van der Waals surface area contributed by atoms with E-state index >= 15 is 0 Å². The van der Waals surface area contributed by atoms with Crippen LogP contribution in [-0.4, -0.2) is 52.1 Å². The van der Waals surface area contributed by atoms with Crippen molar-refractivity contribution < 1.29 is 24.8 Å². The highest BCUT2D eigenvalue weighted by Gasteiger charge is 2.65. The van der Waals surface area contributed by atoms with E-state index in [1.165, 1.54) is 0 Å². The standard InChI is InChI=1S/C9H16O5/c1-4(2)6-5(11)7-8(12)9(3-10,13-6)14-7/h4-8,10-12H,3H2,1-2H3/t5?,6-,7?,8-,9?/m0/s1. The molecule has 0 saturated carbocycles. The van der Waals surface area contributed by atoms with E-state index in [0.29, 0.717) is 0 Å². The van der Waals surface area contributed by atoms with Gasteiger partial charge in [0.1, 0.15) is 24.9 Å². The van der Waals surface area contributed by atoms with Gasteiger partial charge in [-0.2, -0.15) is 0 Å². The maximum absolute atomic E-state index is 9.73. The fourth-order valence-corrected chi connectivity index (χ4v) is 2.08. The van der Waals surface area contributed by atoms with Gasteiger partial charge in [0.25, 0.3) is 0 Å². The lowest BCUT2D eigenvalue weighted by Gasteiger charge is -2.59. The molecule has 5 atom stereocenters. The normalized spacial score (nSPS) is 51.9. The van der Waals surface area contributed by atoms with Gasteiger partial charge < -0.3 is 24.8 Å². The van der Waals surface area contributed by atoms with Crippen LogP contribution in [0.5, 0.6) is 0 Å². The summed E-state index contributed by atoms with van der Waals surface area (Å²) in [5, 5.41) is 28.4. The van der Waals surface area contributed by atoms with Crippen molar-refractivity contribution in [1.82, 2.24) is 0 Å². The van der Waals surface area contributed by atoms with E-state index in [-0.39, 0.29) is 18.6 Å². The maximum Gasteiger partial charge on any atom is 0.221 e. The Balaban J connectivity index is 2.15. The van der Waals surface area contributed by atoms with Crippen molar-refractivity contribution in [1.29, 1.82) is 0 Å². The Morgan fingerprint density at radius 1 is 1.29 bits per heavy atom. The molecule has 5 heteroatoms. The zero-order valence-electron chi connectivity index (χ0n) is 8.25. The first-order valence-electron chi connectivity index (χ1n) is 4.84. The summed E-state index contributed by atoms with van der Waals surface area (Å²) < 4.78 is 10.5. The van der Waals surface area contributed by atoms with Gasteiger partial charge in [-0.1, -0.05) is 13.8 Å². The third-order valence-corrected chi connectivity index (χ3v) is 2.98. The molecule has 3 aliphatic heterocycles. The molecule has 0 spiro atoms. The minimum atomic E-state index is -1.29. The first-order chi connectivity index (χ1) is 6.52. The number of aliphatic hydroxyl groups is 3. The van der Waals surface area contributed by atoms with Gasteiger partial charge in [-0.15, -0.1) is 0 Å². The third-order valence-electron chi connectivity index (χ3n) is 2.98. The van der Waals surface area contributed by atoms with Crippen LogP contribution in [0.2, 0.25) is 0 Å².